The van der Waals surface area contributed by atoms with E-state index in [1.807, 2.05) is 6.92 Å². The van der Waals surface area contributed by atoms with Crippen LogP contribution in [0, 0.1) is 0 Å². The van der Waals surface area contributed by atoms with Crippen LogP contribution in [0.2, 0.25) is 0 Å². The van der Waals surface area contributed by atoms with Crippen molar-refractivity contribution in [1.29, 1.82) is 0 Å². The normalized spacial score (nSPS) is 11.8. The van der Waals surface area contributed by atoms with Crippen molar-refractivity contribution >= 4 is 11.9 Å². The smallest absolute Gasteiger partial charge is 0.306 e. The van der Waals surface area contributed by atoms with Crippen molar-refractivity contribution in [3.05, 3.63) is 12.7 Å². The molecule has 4 heteroatoms. The third kappa shape index (κ3) is 23.2. The zero-order valence-electron chi connectivity index (χ0n) is 20.6. The van der Waals surface area contributed by atoms with Crippen molar-refractivity contribution < 1.29 is 19.1 Å². The minimum absolute atomic E-state index is 0.125. The maximum atomic E-state index is 11.7. The largest absolute Gasteiger partial charge is 0.466 e. The van der Waals surface area contributed by atoms with Crippen LogP contribution in [0.4, 0.5) is 0 Å². The number of carbonyl (C=O) groups excluding carboxylic acids is 2. The molecule has 0 radical (unpaired) electrons. The molecule has 1 atom stereocenters. The lowest BCUT2D eigenvalue weighted by Gasteiger charge is -2.10. The molecule has 4 nitrogen and oxygen atoms in total. The Morgan fingerprint density at radius 1 is 0.710 bits per heavy atom. The van der Waals surface area contributed by atoms with Crippen molar-refractivity contribution in [2.45, 2.75) is 142 Å². The second-order valence-electron chi connectivity index (χ2n) is 8.85. The Hall–Kier alpha value is -1.32. The number of hydrogen-bond donors (Lipinski definition) is 0. The van der Waals surface area contributed by atoms with Gasteiger partial charge in [0.2, 0.25) is 0 Å². The first-order valence-corrected chi connectivity index (χ1v) is 13.1. The van der Waals surface area contributed by atoms with Gasteiger partial charge >= 0.3 is 11.9 Å². The van der Waals surface area contributed by atoms with Gasteiger partial charge in [-0.25, -0.2) is 0 Å². The van der Waals surface area contributed by atoms with Crippen LogP contribution in [0.1, 0.15) is 136 Å². The highest BCUT2D eigenvalue weighted by molar-refractivity contribution is 5.70. The van der Waals surface area contributed by atoms with E-state index in [4.69, 9.17) is 9.47 Å². The van der Waals surface area contributed by atoms with E-state index >= 15 is 0 Å². The Balaban J connectivity index is 3.29. The highest BCUT2D eigenvalue weighted by Crippen LogP contribution is 2.13. The Morgan fingerprint density at radius 2 is 1.16 bits per heavy atom. The van der Waals surface area contributed by atoms with Crippen molar-refractivity contribution in [2.75, 3.05) is 6.61 Å². The summed E-state index contributed by atoms with van der Waals surface area (Å²) < 4.78 is 10.5. The molecule has 0 aliphatic rings. The predicted octanol–water partition coefficient (Wildman–Crippen LogP) is 8.08. The first kappa shape index (κ1) is 29.7. The maximum absolute atomic E-state index is 11.7. The van der Waals surface area contributed by atoms with E-state index in [1.54, 1.807) is 6.08 Å². The fourth-order valence-electron chi connectivity index (χ4n) is 3.66. The molecule has 0 amide bonds. The summed E-state index contributed by atoms with van der Waals surface area (Å²) in [5, 5.41) is 0. The van der Waals surface area contributed by atoms with E-state index in [0.717, 1.165) is 12.8 Å². The fourth-order valence-corrected chi connectivity index (χ4v) is 3.66. The van der Waals surface area contributed by atoms with Crippen LogP contribution in [0.5, 0.6) is 0 Å². The van der Waals surface area contributed by atoms with Gasteiger partial charge in [-0.15, -0.1) is 6.58 Å². The molecule has 0 heterocycles. The van der Waals surface area contributed by atoms with Gasteiger partial charge in [0, 0.05) is 19.3 Å². The van der Waals surface area contributed by atoms with Crippen LogP contribution in [-0.2, 0) is 19.1 Å². The number of rotatable bonds is 23. The van der Waals surface area contributed by atoms with Crippen molar-refractivity contribution in [3.8, 4) is 0 Å². The summed E-state index contributed by atoms with van der Waals surface area (Å²) in [7, 11) is 0. The second-order valence-corrected chi connectivity index (χ2v) is 8.85. The molecule has 31 heavy (non-hydrogen) atoms. The zero-order chi connectivity index (χ0) is 23.0. The zero-order valence-corrected chi connectivity index (χ0v) is 20.6. The quantitative estimate of drug-likeness (QED) is 0.0919. The summed E-state index contributed by atoms with van der Waals surface area (Å²) >= 11 is 0. The molecular formula is C27H50O4. The molecule has 182 valence electrons. The van der Waals surface area contributed by atoms with Gasteiger partial charge in [0.05, 0.1) is 6.61 Å². The molecule has 0 aliphatic heterocycles. The number of hydrogen-bond acceptors (Lipinski definition) is 4. The van der Waals surface area contributed by atoms with Crippen LogP contribution in [-0.4, -0.2) is 24.6 Å². The van der Waals surface area contributed by atoms with E-state index in [-0.39, 0.29) is 18.0 Å². The van der Waals surface area contributed by atoms with Gasteiger partial charge in [-0.1, -0.05) is 96.5 Å². The average molecular weight is 439 g/mol. The lowest BCUT2D eigenvalue weighted by atomic mass is 10.0. The van der Waals surface area contributed by atoms with Crippen molar-refractivity contribution in [2.24, 2.45) is 0 Å². The molecule has 0 saturated heterocycles. The Bertz CT molecular complexity index is 433. The average Bonchev–Trinajstić information content (AvgIpc) is 2.74. The summed E-state index contributed by atoms with van der Waals surface area (Å²) in [5.41, 5.74) is 0. The fraction of sp³-hybridized carbons (Fsp3) is 0.852. The Morgan fingerprint density at radius 3 is 1.65 bits per heavy atom. The van der Waals surface area contributed by atoms with Gasteiger partial charge < -0.3 is 9.47 Å². The molecule has 0 aromatic heterocycles. The number of esters is 2. The molecule has 0 spiro atoms. The summed E-state index contributed by atoms with van der Waals surface area (Å²) in [6.45, 7) is 8.28. The third-order valence-corrected chi connectivity index (χ3v) is 5.60. The minimum atomic E-state index is -0.204. The summed E-state index contributed by atoms with van der Waals surface area (Å²) in [6.07, 6.45) is 22.9. The maximum Gasteiger partial charge on any atom is 0.306 e. The molecule has 0 rings (SSSR count). The topological polar surface area (TPSA) is 52.6 Å². The summed E-state index contributed by atoms with van der Waals surface area (Å²) in [4.78, 5) is 23.4. The second kappa shape index (κ2) is 23.3. The number of unbranched alkanes of at least 4 members (excludes halogenated alkanes) is 14. The minimum Gasteiger partial charge on any atom is -0.466 e. The third-order valence-electron chi connectivity index (χ3n) is 5.60. The predicted molar refractivity (Wildman–Crippen MR) is 130 cm³/mol. The van der Waals surface area contributed by atoms with Crippen LogP contribution in [0.25, 0.3) is 0 Å². The molecule has 0 aromatic carbocycles. The van der Waals surface area contributed by atoms with Crippen molar-refractivity contribution in [3.63, 3.8) is 0 Å². The number of carbonyl (C=O) groups is 2. The van der Waals surface area contributed by atoms with Gasteiger partial charge in [-0.3, -0.25) is 9.59 Å². The lowest BCUT2D eigenvalue weighted by Crippen LogP contribution is -2.14. The molecule has 1 unspecified atom stereocenters. The molecule has 0 aliphatic carbocycles. The summed E-state index contributed by atoms with van der Waals surface area (Å²) in [6, 6.07) is 0. The first-order valence-electron chi connectivity index (χ1n) is 13.1. The van der Waals surface area contributed by atoms with Gasteiger partial charge in [0.25, 0.3) is 0 Å². The molecule has 0 bridgehead atoms. The van der Waals surface area contributed by atoms with Gasteiger partial charge in [0.1, 0.15) is 6.10 Å². The van der Waals surface area contributed by atoms with E-state index in [0.29, 0.717) is 38.7 Å². The number of ether oxygens (including phenoxy) is 2. The van der Waals surface area contributed by atoms with E-state index < -0.39 is 0 Å². The van der Waals surface area contributed by atoms with Gasteiger partial charge in [0.15, 0.2) is 0 Å². The van der Waals surface area contributed by atoms with Crippen molar-refractivity contribution in [1.82, 2.24) is 0 Å². The highest BCUT2D eigenvalue weighted by Gasteiger charge is 2.09. The molecule has 0 fully saturated rings. The Kier molecular flexibility index (Phi) is 22.4. The molecule has 0 aromatic rings. The van der Waals surface area contributed by atoms with E-state index in [1.165, 1.54) is 77.0 Å². The highest BCUT2D eigenvalue weighted by atomic mass is 16.5. The van der Waals surface area contributed by atoms with Crippen LogP contribution in [0.3, 0.4) is 0 Å². The molecule has 0 saturated carbocycles. The van der Waals surface area contributed by atoms with E-state index in [9.17, 15) is 9.59 Å². The monoisotopic (exact) mass is 438 g/mol. The van der Waals surface area contributed by atoms with Gasteiger partial charge in [-0.2, -0.15) is 0 Å². The van der Waals surface area contributed by atoms with Gasteiger partial charge in [-0.05, 0) is 26.2 Å². The summed E-state index contributed by atoms with van der Waals surface area (Å²) in [5.74, 6) is -0.354. The Labute approximate surface area is 192 Å². The first-order chi connectivity index (χ1) is 15.1. The molecular weight excluding hydrogens is 388 g/mol. The lowest BCUT2D eigenvalue weighted by molar-refractivity contribution is -0.149. The van der Waals surface area contributed by atoms with Crippen LogP contribution < -0.4 is 0 Å². The van der Waals surface area contributed by atoms with Crippen LogP contribution >= 0.6 is 0 Å². The van der Waals surface area contributed by atoms with E-state index in [2.05, 4.69) is 13.5 Å². The SMILES string of the molecule is C=CCC(C)OC(=O)CCCCC(=O)OCCCCCCCCCCCCCCCC. The molecule has 0 N–H and O–H groups in total. The van der Waals surface area contributed by atoms with Crippen LogP contribution in [0.15, 0.2) is 12.7 Å². The standard InChI is InChI=1S/C27H50O4/c1-4-6-7-8-9-10-11-12-13-14-15-16-17-20-24-30-26(28)22-18-19-23-27(29)31-25(3)21-5-2/h5,25H,2,4,6-24H2,1,3H3.